The van der Waals surface area contributed by atoms with Crippen molar-refractivity contribution in [1.82, 2.24) is 14.8 Å². The number of aryl methyl sites for hydroxylation is 1. The first-order chi connectivity index (χ1) is 16.4. The zero-order valence-electron chi connectivity index (χ0n) is 18.7. The molecule has 1 N–H and O–H groups in total. The summed E-state index contributed by atoms with van der Waals surface area (Å²) in [5.74, 6) is 1.12. The number of hydrogen-bond acceptors (Lipinski definition) is 7. The molecule has 0 saturated carbocycles. The predicted molar refractivity (Wildman–Crippen MR) is 136 cm³/mol. The zero-order valence-corrected chi connectivity index (χ0v) is 21.9. The predicted octanol–water partition coefficient (Wildman–Crippen LogP) is 6.29. The molecule has 3 aromatic rings. The molecule has 34 heavy (non-hydrogen) atoms. The molecule has 1 atom stereocenters. The highest BCUT2D eigenvalue weighted by molar-refractivity contribution is 7.99. The quantitative estimate of drug-likeness (QED) is 0.340. The molecule has 1 amide bonds. The molecular weight excluding hydrogens is 513 g/mol. The van der Waals surface area contributed by atoms with Gasteiger partial charge in [-0.05, 0) is 63.3 Å². The molecule has 4 rings (SSSR count). The van der Waals surface area contributed by atoms with E-state index in [9.17, 15) is 10.1 Å². The normalized spacial score (nSPS) is 13.7. The average molecular weight is 537 g/mol. The number of rotatable bonds is 8. The van der Waals surface area contributed by atoms with Crippen molar-refractivity contribution in [2.45, 2.75) is 57.3 Å². The van der Waals surface area contributed by atoms with Gasteiger partial charge in [-0.25, -0.2) is 0 Å². The van der Waals surface area contributed by atoms with Gasteiger partial charge in [0.2, 0.25) is 5.91 Å². The van der Waals surface area contributed by atoms with Crippen LogP contribution in [-0.2, 0) is 24.2 Å². The average Bonchev–Trinajstić information content (AvgIpc) is 3.39. The number of aromatic nitrogens is 3. The Labute approximate surface area is 216 Å². The van der Waals surface area contributed by atoms with Crippen LogP contribution in [0.3, 0.4) is 0 Å². The molecule has 178 valence electrons. The smallest absolute Gasteiger partial charge is 0.235 e. The van der Waals surface area contributed by atoms with Crippen molar-refractivity contribution in [2.24, 2.45) is 0 Å². The maximum absolute atomic E-state index is 12.7. The molecule has 0 spiro atoms. The number of hydrogen-bond donors (Lipinski definition) is 1. The lowest BCUT2D eigenvalue weighted by molar-refractivity contribution is -0.113. The summed E-state index contributed by atoms with van der Waals surface area (Å²) >= 11 is 15.0. The fraction of sp³-hybridized carbons (Fsp3) is 0.391. The number of halogens is 2. The number of carbonyl (C=O) groups is 1. The SMILES string of the molecule is CCn1c(SCC(=O)Nc2sc3c(c2C#N)CCCC3)nnc1C(C)Oc1ccc(Cl)cc1Cl. The minimum atomic E-state index is -0.412. The van der Waals surface area contributed by atoms with Crippen LogP contribution < -0.4 is 10.1 Å². The van der Waals surface area contributed by atoms with Gasteiger partial charge < -0.3 is 14.6 Å². The molecule has 0 aliphatic heterocycles. The zero-order chi connectivity index (χ0) is 24.2. The second-order valence-electron chi connectivity index (χ2n) is 7.78. The lowest BCUT2D eigenvalue weighted by Gasteiger charge is -2.16. The number of nitriles is 1. The molecule has 2 aromatic heterocycles. The number of amides is 1. The highest BCUT2D eigenvalue weighted by Crippen LogP contribution is 2.38. The maximum Gasteiger partial charge on any atom is 0.235 e. The van der Waals surface area contributed by atoms with E-state index in [2.05, 4.69) is 21.6 Å². The fourth-order valence-electron chi connectivity index (χ4n) is 3.88. The van der Waals surface area contributed by atoms with Gasteiger partial charge in [0.25, 0.3) is 0 Å². The van der Waals surface area contributed by atoms with E-state index >= 15 is 0 Å². The second kappa shape index (κ2) is 11.0. The number of nitrogens with zero attached hydrogens (tertiary/aromatic N) is 4. The topological polar surface area (TPSA) is 92.8 Å². The lowest BCUT2D eigenvalue weighted by atomic mass is 9.96. The summed E-state index contributed by atoms with van der Waals surface area (Å²) in [5.41, 5.74) is 1.72. The van der Waals surface area contributed by atoms with Gasteiger partial charge in [-0.15, -0.1) is 21.5 Å². The Morgan fingerprint density at radius 3 is 2.88 bits per heavy atom. The second-order valence-corrected chi connectivity index (χ2v) is 10.7. The first kappa shape index (κ1) is 24.9. The molecule has 0 bridgehead atoms. The molecular formula is C23H23Cl2N5O2S2. The third-order valence-corrected chi connectivity index (χ3v) is 8.20. The molecule has 1 aliphatic rings. The first-order valence-electron chi connectivity index (χ1n) is 10.9. The van der Waals surface area contributed by atoms with Crippen molar-refractivity contribution in [2.75, 3.05) is 11.1 Å². The molecule has 7 nitrogen and oxygen atoms in total. The van der Waals surface area contributed by atoms with Crippen LogP contribution in [0.2, 0.25) is 10.0 Å². The summed E-state index contributed by atoms with van der Waals surface area (Å²) in [6.45, 7) is 4.46. The fourth-order valence-corrected chi connectivity index (χ4v) is 6.40. The Morgan fingerprint density at radius 2 is 2.15 bits per heavy atom. The van der Waals surface area contributed by atoms with Crippen LogP contribution in [0.5, 0.6) is 5.75 Å². The van der Waals surface area contributed by atoms with Gasteiger partial charge >= 0.3 is 0 Å². The van der Waals surface area contributed by atoms with Crippen molar-refractivity contribution in [3.8, 4) is 11.8 Å². The van der Waals surface area contributed by atoms with Gasteiger partial charge in [0.15, 0.2) is 17.1 Å². The van der Waals surface area contributed by atoms with E-state index in [1.807, 2.05) is 18.4 Å². The van der Waals surface area contributed by atoms with Gasteiger partial charge in [0, 0.05) is 16.4 Å². The molecule has 1 aromatic carbocycles. The third-order valence-electron chi connectivity index (χ3n) is 5.49. The van der Waals surface area contributed by atoms with Crippen LogP contribution >= 0.6 is 46.3 Å². The van der Waals surface area contributed by atoms with Crippen LogP contribution in [-0.4, -0.2) is 26.4 Å². The number of anilines is 1. The molecule has 2 heterocycles. The Bertz CT molecular complexity index is 1250. The van der Waals surface area contributed by atoms with Gasteiger partial charge in [-0.1, -0.05) is 35.0 Å². The number of thioether (sulfide) groups is 1. The highest BCUT2D eigenvalue weighted by Gasteiger charge is 2.23. The minimum absolute atomic E-state index is 0.157. The van der Waals surface area contributed by atoms with E-state index in [0.29, 0.717) is 43.9 Å². The van der Waals surface area contributed by atoms with Gasteiger partial charge in [0.1, 0.15) is 16.8 Å². The van der Waals surface area contributed by atoms with Crippen LogP contribution in [0.1, 0.15) is 54.6 Å². The molecule has 1 unspecified atom stereocenters. The van der Waals surface area contributed by atoms with E-state index in [4.69, 9.17) is 27.9 Å². The van der Waals surface area contributed by atoms with Crippen LogP contribution in [0.4, 0.5) is 5.00 Å². The Morgan fingerprint density at radius 1 is 1.35 bits per heavy atom. The summed E-state index contributed by atoms with van der Waals surface area (Å²) in [6.07, 6.45) is 3.68. The van der Waals surface area contributed by atoms with E-state index in [1.54, 1.807) is 18.2 Å². The van der Waals surface area contributed by atoms with Crippen LogP contribution in [0.25, 0.3) is 0 Å². The number of carbonyl (C=O) groups excluding carboxylic acids is 1. The summed E-state index contributed by atoms with van der Waals surface area (Å²) in [7, 11) is 0. The van der Waals surface area contributed by atoms with Crippen LogP contribution in [0, 0.1) is 11.3 Å². The molecule has 0 fully saturated rings. The standard InChI is InChI=1S/C23H23Cl2N5O2S2/c1-3-30-21(13(2)32-18-9-8-14(24)10-17(18)25)28-29-23(30)33-12-20(31)27-22-16(11-26)15-6-4-5-7-19(15)34-22/h8-10,13H,3-7,12H2,1-2H3,(H,27,31). The molecule has 1 aliphatic carbocycles. The Hall–Kier alpha value is -2.25. The summed E-state index contributed by atoms with van der Waals surface area (Å²) in [6, 6.07) is 7.32. The van der Waals surface area contributed by atoms with Crippen molar-refractivity contribution in [1.29, 1.82) is 5.26 Å². The summed E-state index contributed by atoms with van der Waals surface area (Å²) in [5, 5.41) is 23.3. The van der Waals surface area contributed by atoms with Gasteiger partial charge in [-0.2, -0.15) is 5.26 Å². The van der Waals surface area contributed by atoms with Crippen molar-refractivity contribution in [3.63, 3.8) is 0 Å². The van der Waals surface area contributed by atoms with E-state index in [0.717, 1.165) is 31.2 Å². The molecule has 0 radical (unpaired) electrons. The molecule has 11 heteroatoms. The van der Waals surface area contributed by atoms with E-state index < -0.39 is 6.10 Å². The maximum atomic E-state index is 12.7. The monoisotopic (exact) mass is 535 g/mol. The summed E-state index contributed by atoms with van der Waals surface area (Å²) in [4.78, 5) is 13.9. The number of fused-ring (bicyclic) bond motifs is 1. The van der Waals surface area contributed by atoms with E-state index in [1.165, 1.54) is 28.0 Å². The lowest BCUT2D eigenvalue weighted by Crippen LogP contribution is -2.15. The number of thiophene rings is 1. The number of benzene rings is 1. The Kier molecular flexibility index (Phi) is 8.04. The van der Waals surface area contributed by atoms with Gasteiger partial charge in [0.05, 0.1) is 16.3 Å². The van der Waals surface area contributed by atoms with Crippen molar-refractivity contribution >= 4 is 57.2 Å². The van der Waals surface area contributed by atoms with Crippen LogP contribution in [0.15, 0.2) is 23.4 Å². The van der Waals surface area contributed by atoms with Gasteiger partial charge in [-0.3, -0.25) is 4.79 Å². The van der Waals surface area contributed by atoms with E-state index in [-0.39, 0.29) is 11.7 Å². The largest absolute Gasteiger partial charge is 0.481 e. The Balaban J connectivity index is 1.41. The van der Waals surface area contributed by atoms with Crippen molar-refractivity contribution < 1.29 is 9.53 Å². The highest BCUT2D eigenvalue weighted by atomic mass is 35.5. The number of ether oxygens (including phenoxy) is 1. The first-order valence-corrected chi connectivity index (χ1v) is 13.5. The third kappa shape index (κ3) is 5.36. The molecule has 0 saturated heterocycles. The number of nitrogens with one attached hydrogen (secondary N) is 1. The minimum Gasteiger partial charge on any atom is -0.481 e. The summed E-state index contributed by atoms with van der Waals surface area (Å²) < 4.78 is 7.89. The van der Waals surface area contributed by atoms with Crippen molar-refractivity contribution in [3.05, 3.63) is 50.1 Å².